The van der Waals surface area contributed by atoms with E-state index < -0.39 is 11.9 Å². The van der Waals surface area contributed by atoms with Gasteiger partial charge >= 0.3 is 0 Å². The summed E-state index contributed by atoms with van der Waals surface area (Å²) in [5, 5.41) is 2.78. The third kappa shape index (κ3) is 3.73. The number of hydrogen-bond acceptors (Lipinski definition) is 2. The summed E-state index contributed by atoms with van der Waals surface area (Å²) in [6.45, 7) is 4.45. The minimum atomic E-state index is -0.518. The van der Waals surface area contributed by atoms with Gasteiger partial charge in [-0.2, -0.15) is 0 Å². The van der Waals surface area contributed by atoms with E-state index in [1.54, 1.807) is 11.0 Å². The smallest absolute Gasteiger partial charge is 0.245 e. The number of amides is 2. The molecule has 114 valence electrons. The third-order valence-electron chi connectivity index (χ3n) is 3.53. The minimum Gasteiger partial charge on any atom is -0.344 e. The van der Waals surface area contributed by atoms with Crippen molar-refractivity contribution in [2.24, 2.45) is 5.92 Å². The molecule has 1 aromatic rings. The molecule has 0 saturated carbocycles. The molecule has 6 heteroatoms. The van der Waals surface area contributed by atoms with Gasteiger partial charge in [-0.15, -0.1) is 0 Å². The molecule has 21 heavy (non-hydrogen) atoms. The predicted octanol–water partition coefficient (Wildman–Crippen LogP) is 2.35. The molecule has 1 fully saturated rings. The molecule has 0 spiro atoms. The molecule has 4 nitrogen and oxygen atoms in total. The zero-order valence-corrected chi connectivity index (χ0v) is 12.8. The van der Waals surface area contributed by atoms with Crippen LogP contribution < -0.4 is 5.32 Å². The van der Waals surface area contributed by atoms with Crippen LogP contribution >= 0.6 is 11.6 Å². The number of carbonyl (C=O) groups excluding carboxylic acids is 2. The minimum absolute atomic E-state index is 0.0128. The van der Waals surface area contributed by atoms with Crippen molar-refractivity contribution in [1.82, 2.24) is 10.2 Å². The Bertz CT molecular complexity index is 563. The second kappa shape index (κ2) is 6.43. The van der Waals surface area contributed by atoms with Crippen LogP contribution in [0.15, 0.2) is 18.2 Å². The molecule has 0 bridgehead atoms. The molecule has 2 rings (SSSR count). The highest BCUT2D eigenvalue weighted by Crippen LogP contribution is 2.19. The van der Waals surface area contributed by atoms with Gasteiger partial charge in [0.05, 0.1) is 5.02 Å². The van der Waals surface area contributed by atoms with Gasteiger partial charge in [0.1, 0.15) is 11.9 Å². The van der Waals surface area contributed by atoms with Crippen LogP contribution in [0.2, 0.25) is 5.02 Å². The third-order valence-corrected chi connectivity index (χ3v) is 3.82. The van der Waals surface area contributed by atoms with Crippen LogP contribution in [-0.4, -0.2) is 29.3 Å². The molecule has 0 radical (unpaired) electrons. The van der Waals surface area contributed by atoms with E-state index in [4.69, 9.17) is 11.6 Å². The van der Waals surface area contributed by atoms with E-state index in [-0.39, 0.29) is 29.2 Å². The second-order valence-electron chi connectivity index (χ2n) is 5.55. The van der Waals surface area contributed by atoms with Gasteiger partial charge in [0.25, 0.3) is 0 Å². The highest BCUT2D eigenvalue weighted by atomic mass is 35.5. The fourth-order valence-corrected chi connectivity index (χ4v) is 2.52. The summed E-state index contributed by atoms with van der Waals surface area (Å²) in [4.78, 5) is 25.8. The first-order valence-corrected chi connectivity index (χ1v) is 7.28. The average molecular weight is 313 g/mol. The Hall–Kier alpha value is -1.62. The molecule has 1 heterocycles. The van der Waals surface area contributed by atoms with Crippen LogP contribution in [0.5, 0.6) is 0 Å². The number of nitrogens with one attached hydrogen (secondary N) is 1. The van der Waals surface area contributed by atoms with E-state index >= 15 is 0 Å². The fourth-order valence-electron chi connectivity index (χ4n) is 2.32. The summed E-state index contributed by atoms with van der Waals surface area (Å²) in [7, 11) is 0. The Labute approximate surface area is 128 Å². The Morgan fingerprint density at radius 3 is 2.76 bits per heavy atom. The summed E-state index contributed by atoms with van der Waals surface area (Å²) >= 11 is 5.76. The standard InChI is InChI=1S/C15H18ClFN2O2/c1-9(2)14-15(21)19(6-5-13(20)18-14)8-10-3-4-12(17)11(16)7-10/h3-4,7,9,14H,5-6,8H2,1-2H3,(H,18,20). The van der Waals surface area contributed by atoms with Crippen molar-refractivity contribution < 1.29 is 14.0 Å². The number of hydrogen-bond donors (Lipinski definition) is 1. The van der Waals surface area contributed by atoms with Crippen molar-refractivity contribution in [3.63, 3.8) is 0 Å². The van der Waals surface area contributed by atoms with Gasteiger partial charge in [0.15, 0.2) is 0 Å². The first-order valence-electron chi connectivity index (χ1n) is 6.90. The molecule has 1 unspecified atom stereocenters. The first-order chi connectivity index (χ1) is 9.88. The summed E-state index contributed by atoms with van der Waals surface area (Å²) in [5.74, 6) is -0.712. The molecule has 1 atom stereocenters. The van der Waals surface area contributed by atoms with Gasteiger partial charge in [-0.3, -0.25) is 9.59 Å². The Morgan fingerprint density at radius 2 is 2.14 bits per heavy atom. The molecule has 1 aliphatic rings. The SMILES string of the molecule is CC(C)C1NC(=O)CCN(Cc2ccc(F)c(Cl)c2)C1=O. The van der Waals surface area contributed by atoms with Crippen molar-refractivity contribution in [2.75, 3.05) is 6.54 Å². The van der Waals surface area contributed by atoms with Crippen molar-refractivity contribution in [3.05, 3.63) is 34.6 Å². The fraction of sp³-hybridized carbons (Fsp3) is 0.467. The van der Waals surface area contributed by atoms with Gasteiger partial charge in [0.2, 0.25) is 11.8 Å². The zero-order chi connectivity index (χ0) is 15.6. The second-order valence-corrected chi connectivity index (χ2v) is 5.95. The van der Waals surface area contributed by atoms with Gasteiger partial charge in [-0.25, -0.2) is 4.39 Å². The van der Waals surface area contributed by atoms with E-state index in [1.807, 2.05) is 13.8 Å². The van der Waals surface area contributed by atoms with Gasteiger partial charge in [-0.1, -0.05) is 31.5 Å². The lowest BCUT2D eigenvalue weighted by Gasteiger charge is -2.26. The Balaban J connectivity index is 2.18. The largest absolute Gasteiger partial charge is 0.344 e. The number of nitrogens with zero attached hydrogens (tertiary/aromatic N) is 1. The Morgan fingerprint density at radius 1 is 1.43 bits per heavy atom. The highest BCUT2D eigenvalue weighted by Gasteiger charge is 2.31. The van der Waals surface area contributed by atoms with Gasteiger partial charge in [-0.05, 0) is 23.6 Å². The molecule has 1 N–H and O–H groups in total. The van der Waals surface area contributed by atoms with E-state index in [1.165, 1.54) is 12.1 Å². The Kier molecular flexibility index (Phi) is 4.83. The lowest BCUT2D eigenvalue weighted by molar-refractivity contribution is -0.135. The van der Waals surface area contributed by atoms with E-state index in [2.05, 4.69) is 5.32 Å². The average Bonchev–Trinajstić information content (AvgIpc) is 2.56. The van der Waals surface area contributed by atoms with E-state index in [0.29, 0.717) is 13.1 Å². The summed E-state index contributed by atoms with van der Waals surface area (Å²) in [6, 6.07) is 3.87. The maximum absolute atomic E-state index is 13.2. The monoisotopic (exact) mass is 312 g/mol. The van der Waals surface area contributed by atoms with E-state index in [9.17, 15) is 14.0 Å². The number of carbonyl (C=O) groups is 2. The van der Waals surface area contributed by atoms with Gasteiger partial charge < -0.3 is 10.2 Å². The van der Waals surface area contributed by atoms with Crippen LogP contribution in [0.4, 0.5) is 4.39 Å². The maximum Gasteiger partial charge on any atom is 0.245 e. The van der Waals surface area contributed by atoms with Crippen molar-refractivity contribution >= 4 is 23.4 Å². The van der Waals surface area contributed by atoms with Crippen molar-refractivity contribution in [3.8, 4) is 0 Å². The molecule has 0 aliphatic carbocycles. The molecule has 1 saturated heterocycles. The lowest BCUT2D eigenvalue weighted by Crippen LogP contribution is -2.47. The van der Waals surface area contributed by atoms with Crippen LogP contribution in [0.25, 0.3) is 0 Å². The van der Waals surface area contributed by atoms with Crippen molar-refractivity contribution in [2.45, 2.75) is 32.9 Å². The van der Waals surface area contributed by atoms with Crippen molar-refractivity contribution in [1.29, 1.82) is 0 Å². The topological polar surface area (TPSA) is 49.4 Å². The maximum atomic E-state index is 13.2. The first kappa shape index (κ1) is 15.8. The molecular weight excluding hydrogens is 295 g/mol. The molecular formula is C15H18ClFN2O2. The van der Waals surface area contributed by atoms with Crippen LogP contribution in [0.1, 0.15) is 25.8 Å². The molecule has 0 aromatic heterocycles. The van der Waals surface area contributed by atoms with Crippen LogP contribution in [-0.2, 0) is 16.1 Å². The summed E-state index contributed by atoms with van der Waals surface area (Å²) in [5.41, 5.74) is 0.742. The van der Waals surface area contributed by atoms with E-state index in [0.717, 1.165) is 5.56 Å². The normalized spacial score (nSPS) is 19.7. The predicted molar refractivity (Wildman–Crippen MR) is 78.2 cm³/mol. The van der Waals surface area contributed by atoms with Crippen LogP contribution in [0, 0.1) is 11.7 Å². The summed E-state index contributed by atoms with van der Waals surface area (Å²) < 4.78 is 13.2. The lowest BCUT2D eigenvalue weighted by atomic mass is 10.0. The summed E-state index contributed by atoms with van der Waals surface area (Å²) in [6.07, 6.45) is 0.268. The molecule has 2 amide bonds. The van der Waals surface area contributed by atoms with Gasteiger partial charge in [0, 0.05) is 19.5 Å². The number of rotatable bonds is 3. The zero-order valence-electron chi connectivity index (χ0n) is 12.0. The number of halogens is 2. The highest BCUT2D eigenvalue weighted by molar-refractivity contribution is 6.30. The van der Waals surface area contributed by atoms with Crippen LogP contribution in [0.3, 0.4) is 0 Å². The molecule has 1 aliphatic heterocycles. The quantitative estimate of drug-likeness (QED) is 0.931. The molecule has 1 aromatic carbocycles. The number of benzene rings is 1.